The molecule has 0 aromatic heterocycles. The lowest BCUT2D eigenvalue weighted by atomic mass is 10.1. The molecular weight excluding hydrogens is 1150 g/mol. The molecule has 440 valence electrons. The van der Waals surface area contributed by atoms with E-state index in [1.165, 1.54) is 46.9 Å². The largest absolute Gasteiger partial charge is 0.491 e. The van der Waals surface area contributed by atoms with Gasteiger partial charge < -0.3 is 58.7 Å². The Morgan fingerprint density at radius 1 is 0.500 bits per heavy atom. The first-order chi connectivity index (χ1) is 38.6. The molecule has 7 aromatic rings. The number of para-hydroxylation sites is 1. The van der Waals surface area contributed by atoms with Crippen molar-refractivity contribution in [3.8, 4) is 34.5 Å². The lowest BCUT2D eigenvalue weighted by Gasteiger charge is -2.21. The molecule has 0 saturated carbocycles. The predicted molar refractivity (Wildman–Crippen MR) is 316 cm³/mol. The Balaban J connectivity index is 0.000000336. The minimum absolute atomic E-state index is 0.0109. The van der Waals surface area contributed by atoms with E-state index in [0.29, 0.717) is 55.4 Å². The minimum atomic E-state index is -1.18. The average Bonchev–Trinajstić information content (AvgIpc) is 3.60. The summed E-state index contributed by atoms with van der Waals surface area (Å²) in [5.41, 5.74) is 2.06. The second kappa shape index (κ2) is 36.4. The molecule has 0 amide bonds. The van der Waals surface area contributed by atoms with Gasteiger partial charge in [0.1, 0.15) is 41.1 Å². The zero-order valence-corrected chi connectivity index (χ0v) is 49.5. The van der Waals surface area contributed by atoms with Crippen LogP contribution in [-0.2, 0) is 28.7 Å². The minimum Gasteiger partial charge on any atom is -0.491 e. The third-order valence-electron chi connectivity index (χ3n) is 10.2. The summed E-state index contributed by atoms with van der Waals surface area (Å²) < 4.78 is 35.8. The van der Waals surface area contributed by atoms with E-state index in [1.807, 2.05) is 99.6 Å². The van der Waals surface area contributed by atoms with Crippen molar-refractivity contribution in [3.63, 3.8) is 0 Å². The summed E-state index contributed by atoms with van der Waals surface area (Å²) >= 11 is 23.1. The number of carbonyl (C=O) groups is 5. The number of carboxylic acid groups (broad SMARTS) is 4. The van der Waals surface area contributed by atoms with Crippen molar-refractivity contribution in [3.05, 3.63) is 188 Å². The van der Waals surface area contributed by atoms with E-state index < -0.39 is 47.8 Å². The molecule has 0 fully saturated rings. The van der Waals surface area contributed by atoms with Crippen LogP contribution in [0.1, 0.15) is 51.3 Å². The van der Waals surface area contributed by atoms with Gasteiger partial charge in [-0.05, 0) is 163 Å². The van der Waals surface area contributed by atoms with E-state index in [1.54, 1.807) is 67.6 Å². The van der Waals surface area contributed by atoms with Gasteiger partial charge in [0.05, 0.1) is 18.7 Å². The fourth-order valence-corrected chi connectivity index (χ4v) is 7.00. The zero-order chi connectivity index (χ0) is 61.5. The van der Waals surface area contributed by atoms with Crippen molar-refractivity contribution >= 4 is 87.0 Å². The molecule has 0 radical (unpaired) electrons. The number of hydrogen-bond acceptors (Lipinski definition) is 13. The molecule has 0 bridgehead atoms. The van der Waals surface area contributed by atoms with Crippen LogP contribution in [-0.4, -0.2) is 106 Å². The summed E-state index contributed by atoms with van der Waals surface area (Å²) in [6.07, 6.45) is -2.35. The molecule has 0 aliphatic rings. The van der Waals surface area contributed by atoms with Crippen molar-refractivity contribution in [1.29, 1.82) is 0 Å². The maximum Gasteiger partial charge on any atom is 0.347 e. The number of carboxylic acids is 4. The number of aliphatic carboxylic acids is 4. The maximum atomic E-state index is 11.1. The maximum absolute atomic E-state index is 11.1. The number of aliphatic hydroxyl groups excluding tert-OH is 1. The normalized spacial score (nSPS) is 11.2. The van der Waals surface area contributed by atoms with E-state index in [-0.39, 0.29) is 19.2 Å². The molecule has 21 heteroatoms. The number of halogens is 4. The quantitative estimate of drug-likeness (QED) is 0.0501. The molecule has 0 heterocycles. The summed E-state index contributed by atoms with van der Waals surface area (Å²) in [5, 5.41) is 47.0. The number of carbonyl (C=O) groups excluding carboxylic acids is 1. The summed E-state index contributed by atoms with van der Waals surface area (Å²) in [6.45, 7) is 13.5. The highest BCUT2D eigenvalue weighted by Crippen LogP contribution is 2.31. The lowest BCUT2D eigenvalue weighted by Crippen LogP contribution is -2.37. The molecule has 7 rings (SSSR count). The predicted octanol–water partition coefficient (Wildman–Crippen LogP) is 13.5. The molecule has 3 atom stereocenters. The van der Waals surface area contributed by atoms with Crippen LogP contribution >= 0.6 is 46.4 Å². The highest BCUT2D eigenvalue weighted by molar-refractivity contribution is 6.36. The number of ether oxygens (including phenoxy) is 7. The van der Waals surface area contributed by atoms with Crippen LogP contribution < -0.4 is 28.4 Å². The van der Waals surface area contributed by atoms with Gasteiger partial charge in [0.15, 0.2) is 30.5 Å². The van der Waals surface area contributed by atoms with E-state index >= 15 is 0 Å². The van der Waals surface area contributed by atoms with Crippen molar-refractivity contribution in [2.24, 2.45) is 0 Å². The van der Waals surface area contributed by atoms with Crippen LogP contribution in [0.4, 0.5) is 0 Å². The van der Waals surface area contributed by atoms with Gasteiger partial charge in [-0.2, -0.15) is 0 Å². The van der Waals surface area contributed by atoms with E-state index in [0.717, 1.165) is 33.2 Å². The summed E-state index contributed by atoms with van der Waals surface area (Å²) in [6, 6.07) is 44.6. The first-order valence-corrected chi connectivity index (χ1v) is 26.3. The Morgan fingerprint density at radius 3 is 1.56 bits per heavy atom. The highest BCUT2D eigenvalue weighted by atomic mass is 35.5. The molecule has 0 aliphatic heterocycles. The Morgan fingerprint density at radius 2 is 1.02 bits per heavy atom. The fraction of sp³-hybridized carbons (Fsp3) is 0.262. The Hall–Kier alpha value is -7.93. The van der Waals surface area contributed by atoms with Crippen LogP contribution in [0.5, 0.6) is 34.5 Å². The molecule has 0 aliphatic carbocycles. The molecule has 17 nitrogen and oxygen atoms in total. The summed E-state index contributed by atoms with van der Waals surface area (Å²) in [5.74, 6) is -0.917. The average molecular weight is 1210 g/mol. The van der Waals surface area contributed by atoms with E-state index in [4.69, 9.17) is 100 Å². The third kappa shape index (κ3) is 27.5. The number of hydrogen-bond donors (Lipinski definition) is 5. The fourth-order valence-electron chi connectivity index (χ4n) is 6.19. The first kappa shape index (κ1) is 70.2. The highest BCUT2D eigenvalue weighted by Gasteiger charge is 2.29. The third-order valence-corrected chi connectivity index (χ3v) is 11.3. The Bertz CT molecular complexity index is 3100. The van der Waals surface area contributed by atoms with Crippen molar-refractivity contribution in [2.75, 3.05) is 26.9 Å². The van der Waals surface area contributed by atoms with Gasteiger partial charge in [0.25, 0.3) is 0 Å². The van der Waals surface area contributed by atoms with Gasteiger partial charge in [-0.25, -0.2) is 24.0 Å². The molecule has 0 spiro atoms. The lowest BCUT2D eigenvalue weighted by molar-refractivity contribution is -0.152. The van der Waals surface area contributed by atoms with Crippen molar-refractivity contribution in [1.82, 2.24) is 0 Å². The second-order valence-corrected chi connectivity index (χ2v) is 19.4. The van der Waals surface area contributed by atoms with Crippen molar-refractivity contribution < 1.29 is 82.7 Å². The van der Waals surface area contributed by atoms with Gasteiger partial charge in [-0.1, -0.05) is 107 Å². The number of methoxy groups -OCH3 is 1. The van der Waals surface area contributed by atoms with Crippen molar-refractivity contribution in [2.45, 2.75) is 79.3 Å². The van der Waals surface area contributed by atoms with Crippen LogP contribution in [0.15, 0.2) is 152 Å². The van der Waals surface area contributed by atoms with Crippen LogP contribution in [0.2, 0.25) is 20.1 Å². The molecule has 5 N–H and O–H groups in total. The van der Waals surface area contributed by atoms with Gasteiger partial charge in [0.2, 0.25) is 0 Å². The zero-order valence-electron chi connectivity index (χ0n) is 46.4. The van der Waals surface area contributed by atoms with E-state index in [9.17, 15) is 24.0 Å². The number of rotatable bonds is 18. The Labute approximate surface area is 496 Å². The van der Waals surface area contributed by atoms with Gasteiger partial charge in [0, 0.05) is 25.8 Å². The van der Waals surface area contributed by atoms with Crippen LogP contribution in [0, 0.1) is 20.8 Å². The summed E-state index contributed by atoms with van der Waals surface area (Å²) in [4.78, 5) is 52.9. The first-order valence-electron chi connectivity index (χ1n) is 24.8. The number of fused-ring (bicyclic) bond motifs is 1. The SMILES string of the molecule is CC(C)(Oc1ccccc1)C(=O)O.CC(Oc1ccc(Cl)cc1)C(=O)O.CC(Oc1ccc(Cl)cc1Cl)C(=O)O.COC(=O)C(C)Oc1cccc(C)c1.Cc1cc(C)cc(OCC(=O)O)c1.OCCOc1ccc(Cl)c2ccccc12. The smallest absolute Gasteiger partial charge is 0.347 e. The second-order valence-electron chi connectivity index (χ2n) is 17.7. The van der Waals surface area contributed by atoms with Crippen LogP contribution in [0.3, 0.4) is 0 Å². The van der Waals surface area contributed by atoms with Crippen LogP contribution in [0.25, 0.3) is 10.8 Å². The van der Waals surface area contributed by atoms with E-state index in [2.05, 4.69) is 4.74 Å². The molecule has 0 saturated heterocycles. The monoisotopic (exact) mass is 1210 g/mol. The molecule has 7 aromatic carbocycles. The summed E-state index contributed by atoms with van der Waals surface area (Å²) in [7, 11) is 1.35. The van der Waals surface area contributed by atoms with Gasteiger partial charge in [-0.15, -0.1) is 0 Å². The van der Waals surface area contributed by atoms with Gasteiger partial charge >= 0.3 is 29.8 Å². The molecular formula is C61H66Cl4O17. The molecule has 3 unspecified atom stereocenters. The number of aliphatic hydroxyl groups is 1. The number of esters is 1. The van der Waals surface area contributed by atoms with Gasteiger partial charge in [-0.3, -0.25) is 0 Å². The standard InChI is InChI=1S/C12H11ClO2.C11H14O3.2C10H12O3.C9H8Cl2O3.C9H9ClO3/c13-11-5-6-12(15-8-7-14)10-4-2-1-3-9(10)11;1-8-5-4-6-10(7-8)14-9(2)11(12)13-3;1-7-3-8(2)5-9(4-7)13-6-10(11)12;1-10(2,9(11)12)13-8-6-4-3-5-7-8;1-5(9(12)13)14-8-3-2-6(10)4-7(8)11;1-6(9(11)12)13-8-4-2-7(10)3-5-8/h1-6,14H,7-8H2;4-7,9H,1-3H3;3-5H,6H2,1-2H3,(H,11,12);3-7H,1-2H3,(H,11,12);2-5H,1H3,(H,12,13);2-6H,1H3,(H,11,12). The number of aryl methyl sites for hydroxylation is 3. The molecule has 82 heavy (non-hydrogen) atoms. The topological polar surface area (TPSA) is 251 Å². The Kier molecular flexibility index (Phi) is 31.2. The number of benzene rings is 7.